The molecule has 4 heteroatoms. The van der Waals surface area contributed by atoms with E-state index in [-0.39, 0.29) is 5.88 Å². The first kappa shape index (κ1) is 13.1. The second kappa shape index (κ2) is 4.80. The van der Waals surface area contributed by atoms with E-state index in [0.717, 1.165) is 27.7 Å². The van der Waals surface area contributed by atoms with Crippen LogP contribution in [0.1, 0.15) is 0 Å². The average molecular weight is 311 g/mol. The van der Waals surface area contributed by atoms with Crippen LogP contribution in [0.15, 0.2) is 78.9 Å². The summed E-state index contributed by atoms with van der Waals surface area (Å²) in [6.45, 7) is 0. The maximum atomic E-state index is 13.0. The van der Waals surface area contributed by atoms with Gasteiger partial charge in [0.1, 0.15) is 5.69 Å². The molecule has 24 heavy (non-hydrogen) atoms. The molecule has 0 amide bonds. The zero-order valence-electron chi connectivity index (χ0n) is 12.8. The molecule has 114 valence electrons. The molecule has 0 saturated carbocycles. The van der Waals surface area contributed by atoms with Gasteiger partial charge in [0.25, 0.3) is 0 Å². The molecule has 4 nitrogen and oxygen atoms in total. The van der Waals surface area contributed by atoms with Crippen molar-refractivity contribution < 1.29 is 9.62 Å². The van der Waals surface area contributed by atoms with Crippen molar-refractivity contribution in [3.05, 3.63) is 78.9 Å². The molecule has 3 aromatic carbocycles. The smallest absolute Gasteiger partial charge is 0.250 e. The van der Waals surface area contributed by atoms with Gasteiger partial charge in [0.15, 0.2) is 0 Å². The maximum absolute atomic E-state index is 13.0. The van der Waals surface area contributed by atoms with Gasteiger partial charge >= 0.3 is 0 Å². The summed E-state index contributed by atoms with van der Waals surface area (Å²) in [6.07, 6.45) is 0. The number of hydrogen-bond acceptors (Lipinski definition) is 2. The Morgan fingerprint density at radius 3 is 2.25 bits per heavy atom. The normalized spacial score (nSPS) is 11.5. The second-order valence-corrected chi connectivity index (χ2v) is 5.76. The largest absolute Gasteiger partial charge is 0.840 e. The lowest BCUT2D eigenvalue weighted by atomic mass is 10.0. The standard InChI is InChI=1S/C20H13N3O/c24-20-16-11-5-4-10-15(16)19(14-8-2-1-3-9-14)23-21-17-12-6-7-13-18(17)22(20)23/h1-13H. The number of para-hydroxylation sites is 1. The van der Waals surface area contributed by atoms with Crippen molar-refractivity contribution in [2.75, 3.05) is 0 Å². The molecule has 0 aliphatic carbocycles. The Hall–Kier alpha value is -3.40. The number of hydrogen-bond donors (Lipinski definition) is 0. The molecule has 0 aliphatic heterocycles. The van der Waals surface area contributed by atoms with Gasteiger partial charge in [0.05, 0.1) is 11.0 Å². The summed E-state index contributed by atoms with van der Waals surface area (Å²) in [7, 11) is 0. The van der Waals surface area contributed by atoms with Gasteiger partial charge in [-0.05, 0) is 16.8 Å². The zero-order valence-corrected chi connectivity index (χ0v) is 12.8. The number of aromatic nitrogens is 3. The first-order chi connectivity index (χ1) is 11.8. The van der Waals surface area contributed by atoms with Crippen molar-refractivity contribution in [1.82, 2.24) is 9.73 Å². The van der Waals surface area contributed by atoms with E-state index in [1.54, 1.807) is 9.15 Å². The van der Waals surface area contributed by atoms with Gasteiger partial charge in [-0.25, -0.2) is 0 Å². The molecule has 2 aromatic heterocycles. The molecule has 0 unspecified atom stereocenters. The number of fused-ring (bicyclic) bond motifs is 4. The maximum Gasteiger partial charge on any atom is 0.250 e. The highest BCUT2D eigenvalue weighted by Crippen LogP contribution is 2.30. The lowest BCUT2D eigenvalue weighted by molar-refractivity contribution is -0.647. The molecule has 0 fully saturated rings. The summed E-state index contributed by atoms with van der Waals surface area (Å²) in [5.41, 5.74) is 3.55. The summed E-state index contributed by atoms with van der Waals surface area (Å²) in [4.78, 5) is 0. The van der Waals surface area contributed by atoms with Crippen LogP contribution in [0, 0.1) is 0 Å². The quantitative estimate of drug-likeness (QED) is 0.447. The van der Waals surface area contributed by atoms with Crippen molar-refractivity contribution in [1.29, 1.82) is 0 Å². The molecule has 0 spiro atoms. The van der Waals surface area contributed by atoms with Crippen molar-refractivity contribution in [2.24, 2.45) is 0 Å². The van der Waals surface area contributed by atoms with Gasteiger partial charge in [-0.15, -0.1) is 4.52 Å². The predicted molar refractivity (Wildman–Crippen MR) is 90.7 cm³/mol. The van der Waals surface area contributed by atoms with Gasteiger partial charge in [-0.1, -0.05) is 66.7 Å². The third-order valence-electron chi connectivity index (χ3n) is 4.35. The summed E-state index contributed by atoms with van der Waals surface area (Å²) >= 11 is 0. The topological polar surface area (TPSA) is 44.5 Å². The lowest BCUT2D eigenvalue weighted by Gasteiger charge is -2.13. The first-order valence-corrected chi connectivity index (χ1v) is 7.81. The summed E-state index contributed by atoms with van der Waals surface area (Å²) in [5.74, 6) is -0.0565. The van der Waals surface area contributed by atoms with Crippen LogP contribution in [-0.2, 0) is 0 Å². The third-order valence-corrected chi connectivity index (χ3v) is 4.35. The van der Waals surface area contributed by atoms with E-state index in [0.29, 0.717) is 5.39 Å². The van der Waals surface area contributed by atoms with Gasteiger partial charge < -0.3 is 5.11 Å². The second-order valence-electron chi connectivity index (χ2n) is 5.76. The van der Waals surface area contributed by atoms with Crippen LogP contribution in [-0.4, -0.2) is 9.73 Å². The molecule has 0 saturated heterocycles. The van der Waals surface area contributed by atoms with Crippen LogP contribution in [0.2, 0.25) is 0 Å². The molecule has 5 rings (SSSR count). The SMILES string of the molecule is [O-]c1c2ccccc2c(-c2ccccc2)n2nc3ccccc3[n+]12. The van der Waals surface area contributed by atoms with Crippen LogP contribution in [0.5, 0.6) is 5.88 Å². The molecular formula is C20H13N3O. The Balaban J connectivity index is 2.10. The molecular weight excluding hydrogens is 298 g/mol. The minimum Gasteiger partial charge on any atom is -0.840 e. The van der Waals surface area contributed by atoms with Crippen LogP contribution >= 0.6 is 0 Å². The molecule has 2 heterocycles. The van der Waals surface area contributed by atoms with Crippen molar-refractivity contribution >= 4 is 21.8 Å². The van der Waals surface area contributed by atoms with Crippen LogP contribution < -0.4 is 9.62 Å². The molecule has 5 aromatic rings. The predicted octanol–water partition coefficient (Wildman–Crippen LogP) is 2.97. The molecule has 0 radical (unpaired) electrons. The Bertz CT molecular complexity index is 1210. The highest BCUT2D eigenvalue weighted by Gasteiger charge is 2.21. The molecule has 0 bridgehead atoms. The van der Waals surface area contributed by atoms with E-state index < -0.39 is 0 Å². The van der Waals surface area contributed by atoms with E-state index in [1.807, 2.05) is 78.9 Å². The van der Waals surface area contributed by atoms with Gasteiger partial charge in [0.2, 0.25) is 11.0 Å². The fourth-order valence-electron chi connectivity index (χ4n) is 3.29. The van der Waals surface area contributed by atoms with E-state index in [1.165, 1.54) is 0 Å². The zero-order chi connectivity index (χ0) is 16.1. The van der Waals surface area contributed by atoms with Crippen molar-refractivity contribution in [2.45, 2.75) is 0 Å². The molecule has 0 N–H and O–H groups in total. The minimum absolute atomic E-state index is 0.0565. The first-order valence-electron chi connectivity index (χ1n) is 7.81. The highest BCUT2D eigenvalue weighted by atomic mass is 16.3. The Labute approximate surface area is 137 Å². The monoisotopic (exact) mass is 311 g/mol. The Kier molecular flexibility index (Phi) is 2.61. The molecule has 0 atom stereocenters. The Morgan fingerprint density at radius 1 is 0.750 bits per heavy atom. The number of benzene rings is 3. The van der Waals surface area contributed by atoms with Crippen molar-refractivity contribution in [3.63, 3.8) is 0 Å². The summed E-state index contributed by atoms with van der Waals surface area (Å²) < 4.78 is 3.38. The van der Waals surface area contributed by atoms with E-state index in [9.17, 15) is 5.11 Å². The lowest BCUT2D eigenvalue weighted by Crippen LogP contribution is -2.34. The van der Waals surface area contributed by atoms with Crippen molar-refractivity contribution in [3.8, 4) is 17.1 Å². The third kappa shape index (κ3) is 1.68. The Morgan fingerprint density at radius 2 is 1.42 bits per heavy atom. The summed E-state index contributed by atoms with van der Waals surface area (Å²) in [6, 6.07) is 25.5. The van der Waals surface area contributed by atoms with Crippen LogP contribution in [0.3, 0.4) is 0 Å². The van der Waals surface area contributed by atoms with E-state index in [2.05, 4.69) is 5.10 Å². The van der Waals surface area contributed by atoms with E-state index >= 15 is 0 Å². The minimum atomic E-state index is -0.0565. The van der Waals surface area contributed by atoms with Crippen LogP contribution in [0.4, 0.5) is 0 Å². The summed E-state index contributed by atoms with van der Waals surface area (Å²) in [5, 5.41) is 19.3. The fraction of sp³-hybridized carbons (Fsp3) is 0. The number of nitrogens with zero attached hydrogens (tertiary/aromatic N) is 3. The molecule has 0 aliphatic rings. The van der Waals surface area contributed by atoms with E-state index in [4.69, 9.17) is 0 Å². The van der Waals surface area contributed by atoms with Crippen LogP contribution in [0.25, 0.3) is 33.1 Å². The fourth-order valence-corrected chi connectivity index (χ4v) is 3.29. The average Bonchev–Trinajstić information content (AvgIpc) is 3.02. The van der Waals surface area contributed by atoms with Gasteiger partial charge in [0, 0.05) is 16.3 Å². The number of rotatable bonds is 1. The highest BCUT2D eigenvalue weighted by molar-refractivity contribution is 5.96. The van der Waals surface area contributed by atoms with Gasteiger partial charge in [-0.2, -0.15) is 0 Å². The van der Waals surface area contributed by atoms with Gasteiger partial charge in [-0.3, -0.25) is 0 Å².